The molecule has 0 aromatic heterocycles. The number of fused-ring (bicyclic) bond motifs is 3. The molecule has 2 heterocycles. The molecule has 2 aliphatic rings. The molecule has 0 aliphatic carbocycles. The van der Waals surface area contributed by atoms with Gasteiger partial charge in [0.05, 0.1) is 6.04 Å². The van der Waals surface area contributed by atoms with Crippen molar-refractivity contribution in [2.45, 2.75) is 19.4 Å². The van der Waals surface area contributed by atoms with Crippen LogP contribution < -0.4 is 0 Å². The van der Waals surface area contributed by atoms with Gasteiger partial charge in [-0.2, -0.15) is 0 Å². The average molecular weight is 364 g/mol. The zero-order valence-corrected chi connectivity index (χ0v) is 15.2. The van der Waals surface area contributed by atoms with Crippen molar-refractivity contribution in [1.29, 1.82) is 0 Å². The molecule has 0 spiro atoms. The van der Waals surface area contributed by atoms with Gasteiger partial charge < -0.3 is 9.80 Å². The second-order valence-corrected chi connectivity index (χ2v) is 7.09. The maximum absolute atomic E-state index is 13.9. The fraction of sp³-hybridized carbons (Fsp3) is 0.273. The Hall–Kier alpha value is -2.95. The summed E-state index contributed by atoms with van der Waals surface area (Å²) in [6.07, 6.45) is 2.39. The molecule has 4 rings (SSSR count). The van der Waals surface area contributed by atoms with Gasteiger partial charge >= 0.3 is 0 Å². The summed E-state index contributed by atoms with van der Waals surface area (Å²) in [5.41, 5.74) is 3.14. The Labute approximate surface area is 157 Å². The minimum absolute atomic E-state index is 0.0344. The lowest BCUT2D eigenvalue weighted by atomic mass is 9.90. The normalized spacial score (nSPS) is 19.6. The molecule has 1 fully saturated rings. The lowest BCUT2D eigenvalue weighted by Crippen LogP contribution is -2.55. The highest BCUT2D eigenvalue weighted by molar-refractivity contribution is 5.99. The van der Waals surface area contributed by atoms with Crippen LogP contribution >= 0.6 is 0 Å². The summed E-state index contributed by atoms with van der Waals surface area (Å²) in [6, 6.07) is 14.3. The van der Waals surface area contributed by atoms with Crippen LogP contribution in [0.15, 0.2) is 54.1 Å². The van der Waals surface area contributed by atoms with E-state index in [9.17, 15) is 14.0 Å². The lowest BCUT2D eigenvalue weighted by Gasteiger charge is -2.44. The van der Waals surface area contributed by atoms with Crippen LogP contribution in [0.25, 0.3) is 6.08 Å². The summed E-state index contributed by atoms with van der Waals surface area (Å²) in [7, 11) is 0. The van der Waals surface area contributed by atoms with Crippen molar-refractivity contribution in [3.63, 3.8) is 0 Å². The van der Waals surface area contributed by atoms with Gasteiger partial charge in [0.2, 0.25) is 11.8 Å². The maximum Gasteiger partial charge on any atom is 0.250 e. The topological polar surface area (TPSA) is 40.6 Å². The van der Waals surface area contributed by atoms with Crippen molar-refractivity contribution in [2.75, 3.05) is 19.6 Å². The molecule has 2 amide bonds. The van der Waals surface area contributed by atoms with E-state index in [0.717, 1.165) is 12.0 Å². The Morgan fingerprint density at radius 3 is 2.70 bits per heavy atom. The van der Waals surface area contributed by atoms with E-state index in [0.29, 0.717) is 24.2 Å². The van der Waals surface area contributed by atoms with Crippen molar-refractivity contribution in [3.8, 4) is 0 Å². The van der Waals surface area contributed by atoms with Gasteiger partial charge in [0.1, 0.15) is 12.4 Å². The predicted molar refractivity (Wildman–Crippen MR) is 101 cm³/mol. The van der Waals surface area contributed by atoms with Crippen molar-refractivity contribution in [3.05, 3.63) is 76.6 Å². The van der Waals surface area contributed by atoms with Gasteiger partial charge in [0.25, 0.3) is 0 Å². The first-order valence-corrected chi connectivity index (χ1v) is 9.14. The number of carbonyl (C=O) groups excluding carboxylic acids is 2. The third-order valence-corrected chi connectivity index (χ3v) is 5.35. The first-order valence-electron chi connectivity index (χ1n) is 9.14. The molecule has 5 heteroatoms. The Balaban J connectivity index is 1.59. The van der Waals surface area contributed by atoms with Crippen LogP contribution in [0.2, 0.25) is 0 Å². The highest BCUT2D eigenvalue weighted by Gasteiger charge is 2.38. The maximum atomic E-state index is 13.9. The molecule has 2 aromatic rings. The zero-order chi connectivity index (χ0) is 19.0. The van der Waals surface area contributed by atoms with E-state index in [4.69, 9.17) is 0 Å². The molecule has 0 saturated carbocycles. The fourth-order valence-corrected chi connectivity index (χ4v) is 3.97. The SMILES string of the molecule is C/C(=C\c1ccccc1F)C(=O)N1CC(=O)N2CCc3ccccc3C2C1. The Morgan fingerprint density at radius 2 is 1.89 bits per heavy atom. The molecule has 2 aromatic carbocycles. The Morgan fingerprint density at radius 1 is 1.15 bits per heavy atom. The summed E-state index contributed by atoms with van der Waals surface area (Å²) in [4.78, 5) is 29.0. The molecule has 27 heavy (non-hydrogen) atoms. The molecule has 138 valence electrons. The largest absolute Gasteiger partial charge is 0.332 e. The van der Waals surface area contributed by atoms with Crippen LogP contribution in [-0.2, 0) is 16.0 Å². The van der Waals surface area contributed by atoms with Gasteiger partial charge in [-0.25, -0.2) is 4.39 Å². The van der Waals surface area contributed by atoms with E-state index in [-0.39, 0.29) is 30.2 Å². The second-order valence-electron chi connectivity index (χ2n) is 7.09. The number of hydrogen-bond acceptors (Lipinski definition) is 2. The molecule has 0 bridgehead atoms. The highest BCUT2D eigenvalue weighted by Crippen LogP contribution is 2.33. The van der Waals surface area contributed by atoms with Gasteiger partial charge in [-0.05, 0) is 36.6 Å². The molecule has 2 aliphatic heterocycles. The quantitative estimate of drug-likeness (QED) is 0.768. The van der Waals surface area contributed by atoms with Crippen LogP contribution in [0.1, 0.15) is 29.7 Å². The van der Waals surface area contributed by atoms with E-state index in [2.05, 4.69) is 6.07 Å². The highest BCUT2D eigenvalue weighted by atomic mass is 19.1. The summed E-state index contributed by atoms with van der Waals surface area (Å²) in [6.45, 7) is 2.89. The molecule has 0 radical (unpaired) electrons. The summed E-state index contributed by atoms with van der Waals surface area (Å²) >= 11 is 0. The van der Waals surface area contributed by atoms with E-state index < -0.39 is 0 Å². The molecule has 0 N–H and O–H groups in total. The zero-order valence-electron chi connectivity index (χ0n) is 15.2. The number of amides is 2. The van der Waals surface area contributed by atoms with E-state index in [1.807, 2.05) is 23.1 Å². The van der Waals surface area contributed by atoms with Gasteiger partial charge in [-0.1, -0.05) is 42.5 Å². The number of benzene rings is 2. The predicted octanol–water partition coefficient (Wildman–Crippen LogP) is 3.20. The van der Waals surface area contributed by atoms with Gasteiger partial charge in [0, 0.05) is 24.2 Å². The standard InChI is InChI=1S/C22H21FN2O2/c1-15(12-17-7-3-5-9-19(17)23)22(27)24-13-20-18-8-4-2-6-16(18)10-11-25(20)21(26)14-24/h2-9,12,20H,10-11,13-14H2,1H3/b15-12+. The lowest BCUT2D eigenvalue weighted by molar-refractivity contribution is -0.147. The summed E-state index contributed by atoms with van der Waals surface area (Å²) in [5.74, 6) is -0.631. The molecule has 1 saturated heterocycles. The van der Waals surface area contributed by atoms with Gasteiger partial charge in [0.15, 0.2) is 0 Å². The van der Waals surface area contributed by atoms with Crippen LogP contribution in [0.5, 0.6) is 0 Å². The van der Waals surface area contributed by atoms with Crippen LogP contribution in [0, 0.1) is 5.82 Å². The number of rotatable bonds is 2. The van der Waals surface area contributed by atoms with E-state index >= 15 is 0 Å². The van der Waals surface area contributed by atoms with Crippen molar-refractivity contribution >= 4 is 17.9 Å². The van der Waals surface area contributed by atoms with Crippen molar-refractivity contribution in [1.82, 2.24) is 9.80 Å². The molecular formula is C22H21FN2O2. The van der Waals surface area contributed by atoms with E-state index in [1.54, 1.807) is 36.1 Å². The minimum atomic E-state index is -0.369. The molecule has 4 nitrogen and oxygen atoms in total. The van der Waals surface area contributed by atoms with Crippen molar-refractivity contribution in [2.24, 2.45) is 0 Å². The number of nitrogens with zero attached hydrogens (tertiary/aromatic N) is 2. The van der Waals surface area contributed by atoms with Gasteiger partial charge in [-0.3, -0.25) is 9.59 Å². The molecule has 1 unspecified atom stereocenters. The average Bonchev–Trinajstić information content (AvgIpc) is 2.68. The minimum Gasteiger partial charge on any atom is -0.332 e. The smallest absolute Gasteiger partial charge is 0.250 e. The third-order valence-electron chi connectivity index (χ3n) is 5.35. The first kappa shape index (κ1) is 17.5. The fourth-order valence-electron chi connectivity index (χ4n) is 3.97. The van der Waals surface area contributed by atoms with E-state index in [1.165, 1.54) is 11.6 Å². The third kappa shape index (κ3) is 3.25. The number of hydrogen-bond donors (Lipinski definition) is 0. The summed E-state index contributed by atoms with van der Waals surface area (Å²) < 4.78 is 13.9. The van der Waals surface area contributed by atoms with Gasteiger partial charge in [-0.15, -0.1) is 0 Å². The first-order chi connectivity index (χ1) is 13.0. The second kappa shape index (κ2) is 6.99. The summed E-state index contributed by atoms with van der Waals surface area (Å²) in [5, 5.41) is 0. The molecule has 1 atom stereocenters. The van der Waals surface area contributed by atoms with Crippen LogP contribution in [0.3, 0.4) is 0 Å². The Kier molecular flexibility index (Phi) is 4.52. The monoisotopic (exact) mass is 364 g/mol. The molecular weight excluding hydrogens is 343 g/mol. The van der Waals surface area contributed by atoms with Crippen molar-refractivity contribution < 1.29 is 14.0 Å². The number of halogens is 1. The van der Waals surface area contributed by atoms with Crippen LogP contribution in [-0.4, -0.2) is 41.2 Å². The number of piperazine rings is 1. The number of carbonyl (C=O) groups is 2. The Bertz CT molecular complexity index is 937. The van der Waals surface area contributed by atoms with Crippen LogP contribution in [0.4, 0.5) is 4.39 Å².